The quantitative estimate of drug-likeness (QED) is 0.520. The lowest BCUT2D eigenvalue weighted by Crippen LogP contribution is -2.23. The zero-order valence-electron chi connectivity index (χ0n) is 12.7. The molecule has 0 amide bonds. The van der Waals surface area contributed by atoms with Gasteiger partial charge in [-0.1, -0.05) is 63.7 Å². The molecule has 0 unspecified atom stereocenters. The fraction of sp³-hybridized carbons (Fsp3) is 0.0556. The summed E-state index contributed by atoms with van der Waals surface area (Å²) in [4.78, 5) is 13.4. The maximum absolute atomic E-state index is 12.8. The molecule has 0 radical (unpaired) electrons. The van der Waals surface area contributed by atoms with E-state index in [0.29, 0.717) is 15.3 Å². The van der Waals surface area contributed by atoms with Crippen LogP contribution in [0.4, 0.5) is 0 Å². The smallest absolute Gasteiger partial charge is 0.267 e. The SMILES string of the molecule is Cc1ccccc1-c1nnc2s/c(=C\c3ccc(Br)cc3)c(=O)n12. The third-order valence-electron chi connectivity index (χ3n) is 3.80. The van der Waals surface area contributed by atoms with Crippen molar-refractivity contribution < 1.29 is 0 Å². The van der Waals surface area contributed by atoms with Crippen molar-refractivity contribution in [3.05, 3.63) is 79.0 Å². The van der Waals surface area contributed by atoms with E-state index in [4.69, 9.17) is 0 Å². The molecule has 0 saturated heterocycles. The van der Waals surface area contributed by atoms with Crippen LogP contribution in [0, 0.1) is 6.92 Å². The van der Waals surface area contributed by atoms with Gasteiger partial charge < -0.3 is 0 Å². The minimum Gasteiger partial charge on any atom is -0.267 e. The molecule has 4 aromatic rings. The van der Waals surface area contributed by atoms with Crippen molar-refractivity contribution in [3.63, 3.8) is 0 Å². The van der Waals surface area contributed by atoms with Gasteiger partial charge in [0.05, 0.1) is 4.53 Å². The topological polar surface area (TPSA) is 47.3 Å². The van der Waals surface area contributed by atoms with Crippen LogP contribution in [0.3, 0.4) is 0 Å². The summed E-state index contributed by atoms with van der Waals surface area (Å²) >= 11 is 4.77. The first-order valence-electron chi connectivity index (χ1n) is 7.35. The van der Waals surface area contributed by atoms with E-state index in [1.54, 1.807) is 4.40 Å². The molecule has 0 fully saturated rings. The Kier molecular flexibility index (Phi) is 3.78. The Morgan fingerprint density at radius 3 is 2.58 bits per heavy atom. The molecular formula is C18H12BrN3OS. The Hall–Kier alpha value is -2.31. The predicted molar refractivity (Wildman–Crippen MR) is 100 cm³/mol. The van der Waals surface area contributed by atoms with Crippen LogP contribution in [0.2, 0.25) is 0 Å². The Morgan fingerprint density at radius 1 is 1.08 bits per heavy atom. The fourth-order valence-corrected chi connectivity index (χ4v) is 3.75. The number of hydrogen-bond donors (Lipinski definition) is 0. The molecule has 6 heteroatoms. The van der Waals surface area contributed by atoms with Gasteiger partial charge in [-0.3, -0.25) is 4.79 Å². The van der Waals surface area contributed by atoms with Crippen LogP contribution in [0.1, 0.15) is 11.1 Å². The summed E-state index contributed by atoms with van der Waals surface area (Å²) in [5.41, 5.74) is 2.89. The lowest BCUT2D eigenvalue weighted by molar-refractivity contribution is 1.09. The van der Waals surface area contributed by atoms with E-state index in [9.17, 15) is 4.79 Å². The van der Waals surface area contributed by atoms with Crippen molar-refractivity contribution >= 4 is 38.3 Å². The summed E-state index contributed by atoms with van der Waals surface area (Å²) in [6.07, 6.45) is 1.88. The predicted octanol–water partition coefficient (Wildman–Crippen LogP) is 3.44. The molecule has 0 aliphatic carbocycles. The van der Waals surface area contributed by atoms with Crippen molar-refractivity contribution in [2.75, 3.05) is 0 Å². The van der Waals surface area contributed by atoms with Gasteiger partial charge in [0.1, 0.15) is 0 Å². The zero-order chi connectivity index (χ0) is 16.7. The van der Waals surface area contributed by atoms with E-state index in [0.717, 1.165) is 21.2 Å². The van der Waals surface area contributed by atoms with Gasteiger partial charge in [-0.05, 0) is 36.3 Å². The number of thiazole rings is 1. The second-order valence-electron chi connectivity index (χ2n) is 5.42. The molecule has 2 heterocycles. The molecule has 0 aliphatic heterocycles. The lowest BCUT2D eigenvalue weighted by Gasteiger charge is -2.00. The third-order valence-corrected chi connectivity index (χ3v) is 5.29. The number of fused-ring (bicyclic) bond motifs is 1. The molecule has 0 N–H and O–H groups in total. The third kappa shape index (κ3) is 2.57. The van der Waals surface area contributed by atoms with Crippen LogP contribution >= 0.6 is 27.3 Å². The van der Waals surface area contributed by atoms with Crippen molar-refractivity contribution in [2.24, 2.45) is 0 Å². The molecular weight excluding hydrogens is 386 g/mol. The van der Waals surface area contributed by atoms with Crippen LogP contribution in [0.25, 0.3) is 22.4 Å². The summed E-state index contributed by atoms with van der Waals surface area (Å²) in [5, 5.41) is 8.39. The summed E-state index contributed by atoms with van der Waals surface area (Å²) in [5.74, 6) is 0.597. The van der Waals surface area contributed by atoms with Crippen LogP contribution in [0.5, 0.6) is 0 Å². The van der Waals surface area contributed by atoms with Gasteiger partial charge in [0.25, 0.3) is 5.56 Å². The first-order valence-corrected chi connectivity index (χ1v) is 8.95. The highest BCUT2D eigenvalue weighted by Crippen LogP contribution is 2.21. The standard InChI is InChI=1S/C18H12BrN3OS/c1-11-4-2-3-5-14(11)16-20-21-18-22(16)17(23)15(24-18)10-12-6-8-13(19)9-7-12/h2-10H,1H3/b15-10-. The summed E-state index contributed by atoms with van der Waals surface area (Å²) in [7, 11) is 0. The highest BCUT2D eigenvalue weighted by molar-refractivity contribution is 9.10. The van der Waals surface area contributed by atoms with Crippen molar-refractivity contribution in [1.82, 2.24) is 14.6 Å². The molecule has 2 aromatic heterocycles. The molecule has 0 atom stereocenters. The van der Waals surface area contributed by atoms with E-state index >= 15 is 0 Å². The first-order chi connectivity index (χ1) is 11.6. The number of hydrogen-bond acceptors (Lipinski definition) is 4. The highest BCUT2D eigenvalue weighted by Gasteiger charge is 2.15. The van der Waals surface area contributed by atoms with Crippen LogP contribution < -0.4 is 10.1 Å². The van der Waals surface area contributed by atoms with E-state index in [1.807, 2.05) is 61.5 Å². The van der Waals surface area contributed by atoms with Gasteiger partial charge in [0.15, 0.2) is 5.82 Å². The maximum atomic E-state index is 12.8. The van der Waals surface area contributed by atoms with Gasteiger partial charge in [-0.15, -0.1) is 10.2 Å². The van der Waals surface area contributed by atoms with E-state index in [-0.39, 0.29) is 5.56 Å². The molecule has 0 spiro atoms. The Bertz CT molecular complexity index is 1150. The Morgan fingerprint density at radius 2 is 1.83 bits per heavy atom. The normalized spacial score (nSPS) is 12.2. The molecule has 24 heavy (non-hydrogen) atoms. The van der Waals surface area contributed by atoms with E-state index in [1.165, 1.54) is 11.3 Å². The summed E-state index contributed by atoms with van der Waals surface area (Å²) in [6, 6.07) is 15.7. The van der Waals surface area contributed by atoms with Crippen LogP contribution in [0.15, 0.2) is 57.8 Å². The monoisotopic (exact) mass is 397 g/mol. The Balaban J connectivity index is 1.93. The Labute approximate surface area is 150 Å². The van der Waals surface area contributed by atoms with Crippen LogP contribution in [-0.4, -0.2) is 14.6 Å². The zero-order valence-corrected chi connectivity index (χ0v) is 15.1. The largest absolute Gasteiger partial charge is 0.276 e. The molecule has 118 valence electrons. The van der Waals surface area contributed by atoms with E-state index in [2.05, 4.69) is 26.1 Å². The molecule has 0 aliphatic rings. The molecule has 0 saturated carbocycles. The average Bonchev–Trinajstić information content (AvgIpc) is 3.11. The summed E-state index contributed by atoms with van der Waals surface area (Å²) < 4.78 is 3.25. The molecule has 4 nitrogen and oxygen atoms in total. The van der Waals surface area contributed by atoms with Gasteiger partial charge in [0, 0.05) is 10.0 Å². The minimum absolute atomic E-state index is 0.0822. The van der Waals surface area contributed by atoms with Gasteiger partial charge in [0.2, 0.25) is 4.96 Å². The number of rotatable bonds is 2. The number of aryl methyl sites for hydroxylation is 1. The van der Waals surface area contributed by atoms with Crippen LogP contribution in [-0.2, 0) is 0 Å². The number of halogens is 1. The van der Waals surface area contributed by atoms with Gasteiger partial charge in [-0.2, -0.15) is 0 Å². The maximum Gasteiger partial charge on any atom is 0.276 e. The second-order valence-corrected chi connectivity index (χ2v) is 7.35. The molecule has 0 bridgehead atoms. The highest BCUT2D eigenvalue weighted by atomic mass is 79.9. The minimum atomic E-state index is -0.0822. The number of nitrogens with zero attached hydrogens (tertiary/aromatic N) is 3. The van der Waals surface area contributed by atoms with Crippen molar-refractivity contribution in [2.45, 2.75) is 6.92 Å². The van der Waals surface area contributed by atoms with Crippen molar-refractivity contribution in [3.8, 4) is 11.4 Å². The van der Waals surface area contributed by atoms with Gasteiger partial charge >= 0.3 is 0 Å². The summed E-state index contributed by atoms with van der Waals surface area (Å²) in [6.45, 7) is 2.00. The van der Waals surface area contributed by atoms with E-state index < -0.39 is 0 Å². The fourth-order valence-electron chi connectivity index (χ4n) is 2.57. The molecule has 2 aromatic carbocycles. The van der Waals surface area contributed by atoms with Crippen molar-refractivity contribution in [1.29, 1.82) is 0 Å². The van der Waals surface area contributed by atoms with Gasteiger partial charge in [-0.25, -0.2) is 4.40 Å². The number of aromatic nitrogens is 3. The average molecular weight is 398 g/mol. The molecule has 4 rings (SSSR count). The first kappa shape index (κ1) is 15.2. The second kappa shape index (κ2) is 5.96. The lowest BCUT2D eigenvalue weighted by atomic mass is 10.1. The number of benzene rings is 2.